The Balaban J connectivity index is 2.24. The molecule has 27 heteroatoms. The maximum atomic E-state index is 14.8. The number of phenolic OH excluding ortho intramolecular Hbond substituents is 1. The number of esters is 1. The van der Waals surface area contributed by atoms with Gasteiger partial charge in [0.1, 0.15) is 67.0 Å². The van der Waals surface area contributed by atoms with Gasteiger partial charge in [0, 0.05) is 20.0 Å². The van der Waals surface area contributed by atoms with Crippen molar-refractivity contribution in [2.45, 2.75) is 154 Å². The number of nitrogens with zero attached hydrogens (tertiary/aromatic N) is 3. The third-order valence-corrected chi connectivity index (χ3v) is 12.3. The van der Waals surface area contributed by atoms with Crippen molar-refractivity contribution in [1.29, 1.82) is 0 Å². The normalized spacial score (nSPS) is 25.0. The summed E-state index contributed by atoms with van der Waals surface area (Å²) in [7, 11) is -4.00. The molecule has 0 spiro atoms. The number of fused-ring (bicyclic) bond motifs is 2. The first-order valence-corrected chi connectivity index (χ1v) is 24.9. The first kappa shape index (κ1) is 60.1. The van der Waals surface area contributed by atoms with Crippen molar-refractivity contribution in [3.63, 3.8) is 0 Å². The SMILES string of the molecule is CC(C)C[C@@H](NC(=O)[C@H](O)COS(=O)(=O)[O-])C(=O)N[C@@H]1C(=O)N[C@@H](CCCN=C(N)N)C(=O)N[C@H]2CC[C@H](O)N(C2=O)[C@@H](CC(C)C)C(=O)N(C)[C@H](Cc2ccc(O)cc2)C(=O)N[C@H](C(C)C)C(=O)O[C@@H]1C. The van der Waals surface area contributed by atoms with Crippen LogP contribution in [-0.4, -0.2) is 172 Å². The molecule has 2 aliphatic rings. The van der Waals surface area contributed by atoms with Crippen LogP contribution in [0.15, 0.2) is 29.3 Å². The van der Waals surface area contributed by atoms with Gasteiger partial charge in [-0.2, -0.15) is 0 Å². The zero-order valence-corrected chi connectivity index (χ0v) is 42.5. The molecule has 0 aliphatic carbocycles. The minimum atomic E-state index is -5.33. The van der Waals surface area contributed by atoms with Gasteiger partial charge in [0.2, 0.25) is 45.8 Å². The summed E-state index contributed by atoms with van der Waals surface area (Å²) in [5.41, 5.74) is 11.5. The van der Waals surface area contributed by atoms with Crippen LogP contribution >= 0.6 is 0 Å². The monoisotopic (exact) mass is 1040 g/mol. The van der Waals surface area contributed by atoms with Crippen LogP contribution in [-0.2, 0) is 64.1 Å². The van der Waals surface area contributed by atoms with E-state index >= 15 is 0 Å². The quantitative estimate of drug-likeness (QED) is 0.0176. The first-order chi connectivity index (χ1) is 33.5. The summed E-state index contributed by atoms with van der Waals surface area (Å²) in [6.07, 6.45) is -6.11. The average molecular weight is 1040 g/mol. The molecular weight excluding hydrogens is 969 g/mol. The van der Waals surface area contributed by atoms with Crippen molar-refractivity contribution in [2.24, 2.45) is 34.2 Å². The maximum Gasteiger partial charge on any atom is 0.329 e. The molecule has 1 aromatic carbocycles. The number of aromatic hydroxyl groups is 1. The predicted octanol–water partition coefficient (Wildman–Crippen LogP) is -2.92. The van der Waals surface area contributed by atoms with Gasteiger partial charge in [-0.15, -0.1) is 0 Å². The van der Waals surface area contributed by atoms with Crippen LogP contribution in [0.3, 0.4) is 0 Å². The lowest BCUT2D eigenvalue weighted by atomic mass is 9.94. The third kappa shape index (κ3) is 18.2. The molecule has 0 aromatic heterocycles. The van der Waals surface area contributed by atoms with Crippen LogP contribution in [0.2, 0.25) is 0 Å². The van der Waals surface area contributed by atoms with Crippen LogP contribution in [0.4, 0.5) is 0 Å². The van der Waals surface area contributed by atoms with Crippen LogP contribution < -0.4 is 38.1 Å². The number of cyclic esters (lactones) is 1. The Morgan fingerprint density at radius 3 is 2.12 bits per heavy atom. The number of piperidine rings is 1. The fourth-order valence-corrected chi connectivity index (χ4v) is 8.35. The highest BCUT2D eigenvalue weighted by Gasteiger charge is 2.46. The molecule has 2 aliphatic heterocycles. The molecular formula is C45H71N10O16S-. The lowest BCUT2D eigenvalue weighted by molar-refractivity contribution is -0.166. The van der Waals surface area contributed by atoms with E-state index in [1.807, 2.05) is 0 Å². The van der Waals surface area contributed by atoms with Gasteiger partial charge < -0.3 is 72.5 Å². The molecule has 10 atom stereocenters. The Kier molecular flexibility index (Phi) is 22.6. The minimum absolute atomic E-state index is 0.00192. The Labute approximate surface area is 418 Å². The number of hydrogen-bond acceptors (Lipinski definition) is 17. The maximum absolute atomic E-state index is 14.8. The number of aliphatic hydroxyl groups is 2. The highest BCUT2D eigenvalue weighted by Crippen LogP contribution is 2.27. The summed E-state index contributed by atoms with van der Waals surface area (Å²) in [5.74, 6) is -9.80. The second-order valence-electron chi connectivity index (χ2n) is 19.1. The highest BCUT2D eigenvalue weighted by molar-refractivity contribution is 7.80. The Morgan fingerprint density at radius 1 is 0.917 bits per heavy atom. The van der Waals surface area contributed by atoms with E-state index in [0.29, 0.717) is 5.56 Å². The second-order valence-corrected chi connectivity index (χ2v) is 20.2. The minimum Gasteiger partial charge on any atom is -0.726 e. The van der Waals surface area contributed by atoms with Gasteiger partial charge in [0.15, 0.2) is 12.1 Å². The first-order valence-electron chi connectivity index (χ1n) is 23.6. The number of nitrogens with one attached hydrogen (secondary N) is 5. The number of hydrogen-bond donors (Lipinski definition) is 10. The van der Waals surface area contributed by atoms with Crippen LogP contribution in [0, 0.1) is 17.8 Å². The van der Waals surface area contributed by atoms with Crippen molar-refractivity contribution in [3.8, 4) is 5.75 Å². The number of aliphatic imine (C=N–C) groups is 1. The number of aliphatic hydroxyl groups excluding tert-OH is 2. The zero-order valence-electron chi connectivity index (χ0n) is 41.7. The zero-order chi connectivity index (χ0) is 54.4. The number of benzene rings is 1. The number of nitrogens with two attached hydrogens (primary N) is 2. The van der Waals surface area contributed by atoms with E-state index in [9.17, 15) is 66.6 Å². The van der Waals surface area contributed by atoms with Gasteiger partial charge in [0.05, 0.1) is 0 Å². The lowest BCUT2D eigenvalue weighted by Gasteiger charge is -2.43. The number of ether oxygens (including phenoxy) is 1. The summed E-state index contributed by atoms with van der Waals surface area (Å²) in [5, 5.41) is 44.2. The Bertz CT molecular complexity index is 2230. The van der Waals surface area contributed by atoms with Crippen molar-refractivity contribution < 1.29 is 75.6 Å². The molecule has 2 fully saturated rings. The van der Waals surface area contributed by atoms with E-state index in [-0.39, 0.29) is 75.0 Å². The number of likely N-dealkylation sites (N-methyl/N-ethyl adjacent to an activating group) is 1. The van der Waals surface area contributed by atoms with Crippen LogP contribution in [0.1, 0.15) is 92.6 Å². The average Bonchev–Trinajstić information content (AvgIpc) is 3.28. The standard InChI is InChI=1S/C45H72N10O16S/c1-22(2)18-30(51-40(62)33(57)21-70-72(67,68)69)38(60)53-36-25(7)71-44(66)35(24(5)6)52-39(61)31(20-26-11-13-27(56)14-12-26)54(8)43(65)32(19-23(3)4)55-34(58)16-15-29(42(55)64)50-37(59)28(49-41(36)63)10-9-17-48-45(46)47/h11-14,22-25,28-36,56-58H,9-10,15-21H2,1-8H3,(H,49,63)(H,50,59)(H,51,62)(H,52,61)(H,53,60)(H4,46,47,48)(H,67,68,69)/p-1/t25-,28+,29+,30-,31-,32+,33-,34+,35-,36+/m1/s1. The van der Waals surface area contributed by atoms with E-state index < -0.39 is 131 Å². The summed E-state index contributed by atoms with van der Waals surface area (Å²) in [6.45, 7) is 9.90. The fraction of sp³-hybridized carbons (Fsp3) is 0.667. The molecule has 2 bridgehead atoms. The van der Waals surface area contributed by atoms with E-state index in [1.165, 1.54) is 38.2 Å². The van der Waals surface area contributed by atoms with Crippen molar-refractivity contribution in [3.05, 3.63) is 29.8 Å². The number of carbonyl (C=O) groups excluding carboxylic acids is 8. The molecule has 7 amide bonds. The van der Waals surface area contributed by atoms with E-state index in [4.69, 9.17) is 16.2 Å². The van der Waals surface area contributed by atoms with Gasteiger partial charge in [-0.1, -0.05) is 53.7 Å². The molecule has 2 heterocycles. The molecule has 2 saturated heterocycles. The molecule has 0 radical (unpaired) electrons. The number of guanidine groups is 1. The number of phenols is 1. The topological polar surface area (TPSA) is 404 Å². The Morgan fingerprint density at radius 2 is 1.56 bits per heavy atom. The van der Waals surface area contributed by atoms with E-state index in [0.717, 1.165) is 9.80 Å². The molecule has 404 valence electrons. The van der Waals surface area contributed by atoms with Gasteiger partial charge in [0.25, 0.3) is 5.91 Å². The highest BCUT2D eigenvalue weighted by atomic mass is 32.3. The molecule has 26 nitrogen and oxygen atoms in total. The van der Waals surface area contributed by atoms with Gasteiger partial charge in [-0.25, -0.2) is 13.2 Å². The molecule has 0 saturated carbocycles. The summed E-state index contributed by atoms with van der Waals surface area (Å²) < 4.78 is 42.7. The molecule has 12 N–H and O–H groups in total. The summed E-state index contributed by atoms with van der Waals surface area (Å²) >= 11 is 0. The van der Waals surface area contributed by atoms with Crippen molar-refractivity contribution >= 4 is 63.7 Å². The van der Waals surface area contributed by atoms with Gasteiger partial charge in [-0.3, -0.25) is 42.7 Å². The third-order valence-electron chi connectivity index (χ3n) is 11.9. The van der Waals surface area contributed by atoms with Gasteiger partial charge in [-0.05, 0) is 80.9 Å². The molecule has 3 rings (SSSR count). The lowest BCUT2D eigenvalue weighted by Crippen LogP contribution is -2.65. The molecule has 72 heavy (non-hydrogen) atoms. The smallest absolute Gasteiger partial charge is 0.329 e. The largest absolute Gasteiger partial charge is 0.726 e. The number of amides is 7. The predicted molar refractivity (Wildman–Crippen MR) is 255 cm³/mol. The van der Waals surface area contributed by atoms with Gasteiger partial charge >= 0.3 is 5.97 Å². The number of rotatable bonds is 18. The van der Waals surface area contributed by atoms with Crippen LogP contribution in [0.5, 0.6) is 5.75 Å². The summed E-state index contributed by atoms with van der Waals surface area (Å²) in [4.78, 5) is 120. The van der Waals surface area contributed by atoms with Crippen LogP contribution in [0.25, 0.3) is 0 Å². The second kappa shape index (κ2) is 27.0. The van der Waals surface area contributed by atoms with Crippen molar-refractivity contribution in [1.82, 2.24) is 36.4 Å². The van der Waals surface area contributed by atoms with Crippen molar-refractivity contribution in [2.75, 3.05) is 20.2 Å². The van der Waals surface area contributed by atoms with E-state index in [2.05, 4.69) is 35.8 Å². The fourth-order valence-electron chi connectivity index (χ4n) is 8.05. The molecule has 1 aromatic rings. The number of carbonyl (C=O) groups is 8. The summed E-state index contributed by atoms with van der Waals surface area (Å²) in [6, 6.07) is -4.86. The van der Waals surface area contributed by atoms with E-state index in [1.54, 1.807) is 41.5 Å². The Hall–Kier alpha value is -6.16. The molecule has 0 unspecified atom stereocenters.